The van der Waals surface area contributed by atoms with Crippen LogP contribution in [0.4, 0.5) is 0 Å². The average Bonchev–Trinajstić information content (AvgIpc) is 2.89. The third-order valence-electron chi connectivity index (χ3n) is 2.52. The number of ether oxygens (including phenoxy) is 1. The molecule has 0 heterocycles. The number of hydrogen-bond acceptors (Lipinski definition) is 3. The van der Waals surface area contributed by atoms with Crippen LogP contribution in [0.25, 0.3) is 0 Å². The van der Waals surface area contributed by atoms with E-state index in [2.05, 4.69) is 10.5 Å². The summed E-state index contributed by atoms with van der Waals surface area (Å²) in [6.45, 7) is 4.00. The van der Waals surface area contributed by atoms with Crippen LogP contribution >= 0.6 is 0 Å². The fourth-order valence-electron chi connectivity index (χ4n) is 1.82. The van der Waals surface area contributed by atoms with E-state index in [-0.39, 0.29) is 5.97 Å². The van der Waals surface area contributed by atoms with E-state index in [1.807, 2.05) is 32.0 Å². The highest BCUT2D eigenvalue weighted by molar-refractivity contribution is 5.89. The van der Waals surface area contributed by atoms with E-state index in [0.717, 1.165) is 12.8 Å². The van der Waals surface area contributed by atoms with Crippen molar-refractivity contribution in [2.45, 2.75) is 33.1 Å². The van der Waals surface area contributed by atoms with Crippen LogP contribution in [0.5, 0.6) is 0 Å². The van der Waals surface area contributed by atoms with Crippen molar-refractivity contribution in [1.82, 2.24) is 0 Å². The Kier molecular flexibility index (Phi) is 8.07. The summed E-state index contributed by atoms with van der Waals surface area (Å²) in [5, 5.41) is 0. The normalized spacial score (nSPS) is 11.4. The van der Waals surface area contributed by atoms with Crippen LogP contribution in [0.2, 0.25) is 0 Å². The Morgan fingerprint density at radius 1 is 1.18 bits per heavy atom. The van der Waals surface area contributed by atoms with Gasteiger partial charge in [0, 0.05) is 0 Å². The van der Waals surface area contributed by atoms with Gasteiger partial charge >= 0.3 is 5.97 Å². The smallest absolute Gasteiger partial charge is 0.337 e. The lowest BCUT2D eigenvalue weighted by atomic mass is 10.1. The molecular weight excluding hydrogens is 214 g/mol. The van der Waals surface area contributed by atoms with E-state index in [9.17, 15) is 4.79 Å². The quantitative estimate of drug-likeness (QED) is 0.764. The number of rotatable bonds is 1. The molecule has 0 bridgehead atoms. The van der Waals surface area contributed by atoms with Gasteiger partial charge in [-0.2, -0.15) is 0 Å². The Morgan fingerprint density at radius 2 is 1.76 bits per heavy atom. The Labute approximate surface area is 104 Å². The van der Waals surface area contributed by atoms with Gasteiger partial charge in [0.25, 0.3) is 0 Å². The molecule has 0 amide bonds. The molecule has 0 aliphatic heterocycles. The van der Waals surface area contributed by atoms with Crippen LogP contribution in [0, 0.1) is 0 Å². The second-order valence-electron chi connectivity index (χ2n) is 3.33. The van der Waals surface area contributed by atoms with E-state index in [0.29, 0.717) is 5.56 Å². The van der Waals surface area contributed by atoms with Crippen LogP contribution in [-0.2, 0) is 17.6 Å². The van der Waals surface area contributed by atoms with E-state index in [1.54, 1.807) is 0 Å². The maximum atomic E-state index is 11.2. The van der Waals surface area contributed by atoms with Gasteiger partial charge in [-0.3, -0.25) is 0 Å². The largest absolute Gasteiger partial charge is 0.465 e. The Balaban J connectivity index is 0.000000581. The Hall–Kier alpha value is -1.35. The lowest BCUT2D eigenvalue weighted by Gasteiger charge is -2.02. The summed E-state index contributed by atoms with van der Waals surface area (Å²) in [6, 6.07) is 5.83. The van der Waals surface area contributed by atoms with Gasteiger partial charge in [0.05, 0.1) is 12.7 Å². The number of aryl methyl sites for hydroxylation is 2. The van der Waals surface area contributed by atoms with E-state index < -0.39 is 0 Å². The molecule has 0 radical (unpaired) electrons. The summed E-state index contributed by atoms with van der Waals surface area (Å²) in [7, 11) is 2.91. The second-order valence-corrected chi connectivity index (χ2v) is 3.33. The molecule has 2 rings (SSSR count). The first kappa shape index (κ1) is 15.7. The number of nitrogens with two attached hydrogens (primary N) is 1. The first-order chi connectivity index (χ1) is 8.31. The number of benzene rings is 1. The van der Waals surface area contributed by atoms with Crippen LogP contribution < -0.4 is 5.73 Å². The number of carbonyl (C=O) groups is 1. The molecule has 1 aliphatic carbocycles. The van der Waals surface area contributed by atoms with Crippen molar-refractivity contribution < 1.29 is 9.53 Å². The van der Waals surface area contributed by atoms with Gasteiger partial charge in [-0.1, -0.05) is 19.9 Å². The van der Waals surface area contributed by atoms with Gasteiger partial charge in [-0.15, -0.1) is 0 Å². The Morgan fingerprint density at radius 3 is 2.35 bits per heavy atom. The molecular formula is C14H23NO2. The van der Waals surface area contributed by atoms with Gasteiger partial charge in [-0.25, -0.2) is 4.79 Å². The van der Waals surface area contributed by atoms with Gasteiger partial charge in [-0.05, 0) is 49.6 Å². The summed E-state index contributed by atoms with van der Waals surface area (Å²) >= 11 is 0. The summed E-state index contributed by atoms with van der Waals surface area (Å²) in [5.74, 6) is -0.241. The Bertz CT molecular complexity index is 348. The number of carbonyl (C=O) groups excluding carboxylic acids is 1. The monoisotopic (exact) mass is 237 g/mol. The molecule has 3 nitrogen and oxygen atoms in total. The standard InChI is InChI=1S/C11H12O2.C2H6.CH5N/c1-13-11(12)10-6-5-8-3-2-4-9(8)7-10;2*1-2/h5-7H,2-4H2,1H3;1-2H3;2H2,1H3. The molecule has 0 atom stereocenters. The summed E-state index contributed by atoms with van der Waals surface area (Å²) in [6.07, 6.45) is 3.46. The van der Waals surface area contributed by atoms with Crippen molar-refractivity contribution in [3.8, 4) is 0 Å². The average molecular weight is 237 g/mol. The number of methoxy groups -OCH3 is 1. The molecule has 0 spiro atoms. The molecule has 1 aromatic rings. The summed E-state index contributed by atoms with van der Waals surface area (Å²) in [4.78, 5) is 11.2. The van der Waals surface area contributed by atoms with Gasteiger partial charge in [0.15, 0.2) is 0 Å². The molecule has 17 heavy (non-hydrogen) atoms. The summed E-state index contributed by atoms with van der Waals surface area (Å²) < 4.78 is 4.66. The third kappa shape index (κ3) is 4.19. The highest BCUT2D eigenvalue weighted by atomic mass is 16.5. The minimum Gasteiger partial charge on any atom is -0.465 e. The SMILES string of the molecule is CC.CN.COC(=O)c1ccc2c(c1)CCC2. The predicted octanol–water partition coefficient (Wildman–Crippen LogP) is 2.56. The number of esters is 1. The molecule has 1 aliphatic rings. The zero-order valence-corrected chi connectivity index (χ0v) is 11.2. The van der Waals surface area contributed by atoms with Crippen molar-refractivity contribution in [2.24, 2.45) is 5.73 Å². The molecule has 96 valence electrons. The summed E-state index contributed by atoms with van der Waals surface area (Å²) in [5.41, 5.74) is 7.86. The predicted molar refractivity (Wildman–Crippen MR) is 71.3 cm³/mol. The van der Waals surface area contributed by atoms with Gasteiger partial charge in [0.1, 0.15) is 0 Å². The van der Waals surface area contributed by atoms with Crippen molar-refractivity contribution in [2.75, 3.05) is 14.2 Å². The molecule has 0 aromatic heterocycles. The molecule has 0 saturated carbocycles. The maximum absolute atomic E-state index is 11.2. The zero-order chi connectivity index (χ0) is 13.3. The molecule has 3 heteroatoms. The molecule has 0 unspecified atom stereocenters. The fourth-order valence-corrected chi connectivity index (χ4v) is 1.82. The fraction of sp³-hybridized carbons (Fsp3) is 0.500. The van der Waals surface area contributed by atoms with E-state index >= 15 is 0 Å². The lowest BCUT2D eigenvalue weighted by Crippen LogP contribution is -2.01. The van der Waals surface area contributed by atoms with Crippen LogP contribution in [-0.4, -0.2) is 20.1 Å². The highest BCUT2D eigenvalue weighted by Gasteiger charge is 2.13. The second kappa shape index (κ2) is 8.76. The van der Waals surface area contributed by atoms with Crippen LogP contribution in [0.15, 0.2) is 18.2 Å². The number of hydrogen-bond donors (Lipinski definition) is 1. The van der Waals surface area contributed by atoms with Crippen LogP contribution in [0.1, 0.15) is 41.8 Å². The van der Waals surface area contributed by atoms with E-state index in [1.165, 1.54) is 31.7 Å². The molecule has 2 N–H and O–H groups in total. The molecule has 0 fully saturated rings. The van der Waals surface area contributed by atoms with Crippen molar-refractivity contribution in [1.29, 1.82) is 0 Å². The first-order valence-electron chi connectivity index (χ1n) is 6.09. The minimum atomic E-state index is -0.241. The highest BCUT2D eigenvalue weighted by Crippen LogP contribution is 2.22. The first-order valence-corrected chi connectivity index (χ1v) is 6.09. The molecule has 0 saturated heterocycles. The minimum absolute atomic E-state index is 0.241. The maximum Gasteiger partial charge on any atom is 0.337 e. The van der Waals surface area contributed by atoms with Gasteiger partial charge in [0.2, 0.25) is 0 Å². The van der Waals surface area contributed by atoms with Crippen LogP contribution in [0.3, 0.4) is 0 Å². The van der Waals surface area contributed by atoms with Gasteiger partial charge < -0.3 is 10.5 Å². The van der Waals surface area contributed by atoms with Crippen molar-refractivity contribution in [3.05, 3.63) is 34.9 Å². The lowest BCUT2D eigenvalue weighted by molar-refractivity contribution is 0.0600. The van der Waals surface area contributed by atoms with Crippen molar-refractivity contribution in [3.63, 3.8) is 0 Å². The topological polar surface area (TPSA) is 52.3 Å². The molecule has 1 aromatic carbocycles. The number of fused-ring (bicyclic) bond motifs is 1. The van der Waals surface area contributed by atoms with Crippen molar-refractivity contribution >= 4 is 5.97 Å². The zero-order valence-electron chi connectivity index (χ0n) is 11.2. The van der Waals surface area contributed by atoms with E-state index in [4.69, 9.17) is 0 Å². The third-order valence-corrected chi connectivity index (χ3v) is 2.52.